The highest BCUT2D eigenvalue weighted by Crippen LogP contribution is 2.25. The Labute approximate surface area is 115 Å². The Morgan fingerprint density at radius 2 is 1.65 bits per heavy atom. The standard InChI is InChI=1S/C13H14N6O/c1-8-4-6-9(7-5-8)14-12-13(19(2)3)16-11-10(15-12)17-20-18-11/h4-7H,1-3H3,(H,14,15,17). The molecule has 20 heavy (non-hydrogen) atoms. The van der Waals surface area contributed by atoms with Crippen molar-refractivity contribution in [3.8, 4) is 0 Å². The van der Waals surface area contributed by atoms with Crippen molar-refractivity contribution in [1.29, 1.82) is 0 Å². The Hall–Kier alpha value is -2.70. The van der Waals surface area contributed by atoms with E-state index in [1.165, 1.54) is 5.56 Å². The summed E-state index contributed by atoms with van der Waals surface area (Å²) in [5, 5.41) is 10.7. The molecule has 3 aromatic rings. The largest absolute Gasteiger partial charge is 0.360 e. The van der Waals surface area contributed by atoms with Gasteiger partial charge in [0.05, 0.1) is 0 Å². The number of aryl methyl sites for hydroxylation is 1. The summed E-state index contributed by atoms with van der Waals surface area (Å²) in [4.78, 5) is 10.6. The third kappa shape index (κ3) is 2.25. The zero-order chi connectivity index (χ0) is 14.1. The molecule has 0 aliphatic rings. The zero-order valence-electron chi connectivity index (χ0n) is 11.5. The summed E-state index contributed by atoms with van der Waals surface area (Å²) in [7, 11) is 3.79. The van der Waals surface area contributed by atoms with Gasteiger partial charge in [-0.1, -0.05) is 17.7 Å². The maximum atomic E-state index is 4.65. The van der Waals surface area contributed by atoms with E-state index in [0.717, 1.165) is 5.69 Å². The fourth-order valence-corrected chi connectivity index (χ4v) is 1.80. The normalized spacial score (nSPS) is 10.8. The number of fused-ring (bicyclic) bond motifs is 1. The molecule has 0 aliphatic carbocycles. The van der Waals surface area contributed by atoms with Gasteiger partial charge >= 0.3 is 0 Å². The van der Waals surface area contributed by atoms with Crippen molar-refractivity contribution in [3.05, 3.63) is 29.8 Å². The van der Waals surface area contributed by atoms with Crippen molar-refractivity contribution in [2.45, 2.75) is 6.92 Å². The summed E-state index contributed by atoms with van der Waals surface area (Å²) in [6.07, 6.45) is 0. The summed E-state index contributed by atoms with van der Waals surface area (Å²) in [5.74, 6) is 1.29. The smallest absolute Gasteiger partial charge is 0.245 e. The SMILES string of the molecule is Cc1ccc(Nc2nc3nonc3nc2N(C)C)cc1. The zero-order valence-corrected chi connectivity index (χ0v) is 11.5. The lowest BCUT2D eigenvalue weighted by Gasteiger charge is -2.15. The highest BCUT2D eigenvalue weighted by atomic mass is 16.6. The van der Waals surface area contributed by atoms with Crippen molar-refractivity contribution in [3.63, 3.8) is 0 Å². The average Bonchev–Trinajstić information content (AvgIpc) is 2.87. The van der Waals surface area contributed by atoms with Crippen molar-refractivity contribution in [2.24, 2.45) is 0 Å². The molecule has 0 bridgehead atoms. The number of benzene rings is 1. The van der Waals surface area contributed by atoms with E-state index in [9.17, 15) is 0 Å². The van der Waals surface area contributed by atoms with Gasteiger partial charge in [-0.3, -0.25) is 0 Å². The number of aromatic nitrogens is 4. The van der Waals surface area contributed by atoms with Crippen LogP contribution in [-0.4, -0.2) is 34.4 Å². The van der Waals surface area contributed by atoms with Gasteiger partial charge in [-0.05, 0) is 29.4 Å². The Morgan fingerprint density at radius 3 is 2.30 bits per heavy atom. The predicted octanol–water partition coefficient (Wildman–Crippen LogP) is 2.13. The molecule has 0 amide bonds. The van der Waals surface area contributed by atoms with Gasteiger partial charge in [0.2, 0.25) is 11.3 Å². The molecule has 102 valence electrons. The third-order valence-corrected chi connectivity index (χ3v) is 2.83. The number of hydrogen-bond acceptors (Lipinski definition) is 7. The predicted molar refractivity (Wildman–Crippen MR) is 76.2 cm³/mol. The van der Waals surface area contributed by atoms with Crippen LogP contribution in [0.15, 0.2) is 28.9 Å². The van der Waals surface area contributed by atoms with Crippen LogP contribution >= 0.6 is 0 Å². The minimum absolute atomic E-state index is 0.380. The number of rotatable bonds is 3. The van der Waals surface area contributed by atoms with Crippen LogP contribution < -0.4 is 10.2 Å². The highest BCUT2D eigenvalue weighted by molar-refractivity contribution is 5.76. The van der Waals surface area contributed by atoms with Gasteiger partial charge in [0.1, 0.15) is 0 Å². The van der Waals surface area contributed by atoms with Crippen LogP contribution in [-0.2, 0) is 0 Å². The van der Waals surface area contributed by atoms with E-state index < -0.39 is 0 Å². The van der Waals surface area contributed by atoms with Gasteiger partial charge in [-0.2, -0.15) is 0 Å². The molecule has 0 unspecified atom stereocenters. The number of anilines is 3. The maximum absolute atomic E-state index is 4.65. The molecule has 7 heteroatoms. The second-order valence-corrected chi connectivity index (χ2v) is 4.69. The lowest BCUT2D eigenvalue weighted by Crippen LogP contribution is -2.14. The fourth-order valence-electron chi connectivity index (χ4n) is 1.80. The minimum atomic E-state index is 0.380. The fraction of sp³-hybridized carbons (Fsp3) is 0.231. The molecule has 2 heterocycles. The van der Waals surface area contributed by atoms with E-state index in [4.69, 9.17) is 0 Å². The summed E-state index contributed by atoms with van der Waals surface area (Å²) in [5.41, 5.74) is 2.91. The van der Waals surface area contributed by atoms with E-state index in [0.29, 0.717) is 22.9 Å². The summed E-state index contributed by atoms with van der Waals surface area (Å²) in [6.45, 7) is 2.04. The number of nitrogens with zero attached hydrogens (tertiary/aromatic N) is 5. The summed E-state index contributed by atoms with van der Waals surface area (Å²) < 4.78 is 4.65. The minimum Gasteiger partial charge on any atom is -0.360 e. The third-order valence-electron chi connectivity index (χ3n) is 2.83. The molecular formula is C13H14N6O. The van der Waals surface area contributed by atoms with E-state index in [-0.39, 0.29) is 0 Å². The quantitative estimate of drug-likeness (QED) is 0.780. The molecule has 0 saturated heterocycles. The lowest BCUT2D eigenvalue weighted by atomic mass is 10.2. The van der Waals surface area contributed by atoms with Crippen LogP contribution in [0.2, 0.25) is 0 Å². The Kier molecular flexibility index (Phi) is 2.94. The van der Waals surface area contributed by atoms with E-state index in [1.807, 2.05) is 50.2 Å². The summed E-state index contributed by atoms with van der Waals surface area (Å²) in [6, 6.07) is 8.03. The summed E-state index contributed by atoms with van der Waals surface area (Å²) >= 11 is 0. The van der Waals surface area contributed by atoms with E-state index >= 15 is 0 Å². The first-order chi connectivity index (χ1) is 9.63. The molecule has 1 aromatic carbocycles. The molecule has 0 aliphatic heterocycles. The average molecular weight is 270 g/mol. The lowest BCUT2D eigenvalue weighted by molar-refractivity contribution is 0.314. The molecule has 0 fully saturated rings. The Balaban J connectivity index is 2.04. The van der Waals surface area contributed by atoms with Crippen LogP contribution in [0, 0.1) is 6.92 Å². The molecular weight excluding hydrogens is 256 g/mol. The maximum Gasteiger partial charge on any atom is 0.245 e. The number of hydrogen-bond donors (Lipinski definition) is 1. The van der Waals surface area contributed by atoms with Crippen molar-refractivity contribution in [2.75, 3.05) is 24.3 Å². The Morgan fingerprint density at radius 1 is 1.00 bits per heavy atom. The first-order valence-corrected chi connectivity index (χ1v) is 6.15. The first kappa shape index (κ1) is 12.3. The van der Waals surface area contributed by atoms with E-state index in [1.54, 1.807) is 0 Å². The molecule has 0 spiro atoms. The van der Waals surface area contributed by atoms with Gasteiger partial charge in [0.25, 0.3) is 0 Å². The molecule has 3 rings (SSSR count). The van der Waals surface area contributed by atoms with Crippen LogP contribution in [0.5, 0.6) is 0 Å². The molecule has 1 N–H and O–H groups in total. The van der Waals surface area contributed by atoms with Gasteiger partial charge in [0.15, 0.2) is 11.6 Å². The van der Waals surface area contributed by atoms with Gasteiger partial charge in [-0.25, -0.2) is 14.6 Å². The molecule has 0 atom stereocenters. The highest BCUT2D eigenvalue weighted by Gasteiger charge is 2.14. The van der Waals surface area contributed by atoms with Gasteiger partial charge in [0, 0.05) is 19.8 Å². The first-order valence-electron chi connectivity index (χ1n) is 6.15. The number of nitrogens with one attached hydrogen (secondary N) is 1. The molecule has 0 radical (unpaired) electrons. The van der Waals surface area contributed by atoms with Crippen LogP contribution in [0.1, 0.15) is 5.56 Å². The second kappa shape index (κ2) is 4.76. The van der Waals surface area contributed by atoms with Gasteiger partial charge < -0.3 is 10.2 Å². The second-order valence-electron chi connectivity index (χ2n) is 4.69. The molecule has 0 saturated carbocycles. The van der Waals surface area contributed by atoms with E-state index in [2.05, 4.69) is 30.2 Å². The van der Waals surface area contributed by atoms with Crippen LogP contribution in [0.25, 0.3) is 11.3 Å². The van der Waals surface area contributed by atoms with Crippen LogP contribution in [0.4, 0.5) is 17.3 Å². The van der Waals surface area contributed by atoms with Crippen LogP contribution in [0.3, 0.4) is 0 Å². The van der Waals surface area contributed by atoms with Crippen molar-refractivity contribution < 1.29 is 4.63 Å². The van der Waals surface area contributed by atoms with Crippen molar-refractivity contribution >= 4 is 28.6 Å². The topological polar surface area (TPSA) is 80.0 Å². The molecule has 2 aromatic heterocycles. The van der Waals surface area contributed by atoms with Crippen molar-refractivity contribution in [1.82, 2.24) is 20.3 Å². The molecule has 7 nitrogen and oxygen atoms in total. The monoisotopic (exact) mass is 270 g/mol. The Bertz CT molecular complexity index is 734. The van der Waals surface area contributed by atoms with Gasteiger partial charge in [-0.15, -0.1) is 0 Å².